The Balaban J connectivity index is 1.96. The Bertz CT molecular complexity index is 1090. The number of nitrogens with two attached hydrogens (primary N) is 1. The highest BCUT2D eigenvalue weighted by atomic mass is 19.1. The maximum Gasteiger partial charge on any atom is 0.249 e. The van der Waals surface area contributed by atoms with E-state index in [4.69, 9.17) is 5.73 Å². The van der Waals surface area contributed by atoms with E-state index in [1.165, 1.54) is 4.68 Å². The molecule has 0 atom stereocenters. The predicted molar refractivity (Wildman–Crippen MR) is 101 cm³/mol. The molecule has 7 nitrogen and oxygen atoms in total. The monoisotopic (exact) mass is 398 g/mol. The van der Waals surface area contributed by atoms with Gasteiger partial charge in [0, 0.05) is 23.6 Å². The van der Waals surface area contributed by atoms with Crippen molar-refractivity contribution in [1.29, 1.82) is 0 Å². The van der Waals surface area contributed by atoms with Crippen molar-refractivity contribution in [3.05, 3.63) is 53.0 Å². The lowest BCUT2D eigenvalue weighted by Crippen LogP contribution is -2.16. The van der Waals surface area contributed by atoms with Gasteiger partial charge in [-0.05, 0) is 52.8 Å². The standard InChI is InChI=1S/C20H20F2N6O/c1-10(2)5-17-25-26-27-28(17)13-7-14(19-16(22)6-12(21)9-24-19)18(11-3-4-11)15(8-13)20(23)29/h6-11H,3-5H2,1-2H3,(H2,23,29). The van der Waals surface area contributed by atoms with E-state index in [0.717, 1.165) is 25.1 Å². The fourth-order valence-electron chi connectivity index (χ4n) is 3.48. The maximum atomic E-state index is 14.6. The molecule has 9 heteroatoms. The van der Waals surface area contributed by atoms with Crippen LogP contribution in [0.25, 0.3) is 16.9 Å². The topological polar surface area (TPSA) is 99.6 Å². The van der Waals surface area contributed by atoms with Crippen LogP contribution in [-0.4, -0.2) is 31.1 Å². The van der Waals surface area contributed by atoms with Gasteiger partial charge in [0.15, 0.2) is 11.6 Å². The fourth-order valence-corrected chi connectivity index (χ4v) is 3.48. The molecule has 1 saturated carbocycles. The van der Waals surface area contributed by atoms with Crippen LogP contribution in [0.3, 0.4) is 0 Å². The molecule has 0 bridgehead atoms. The fraction of sp³-hybridized carbons (Fsp3) is 0.350. The van der Waals surface area contributed by atoms with Crippen molar-refractivity contribution in [3.63, 3.8) is 0 Å². The second kappa shape index (κ2) is 7.31. The average Bonchev–Trinajstić information content (AvgIpc) is 3.39. The van der Waals surface area contributed by atoms with Crippen LogP contribution >= 0.6 is 0 Å². The van der Waals surface area contributed by atoms with Crippen molar-refractivity contribution >= 4 is 5.91 Å². The molecule has 1 aliphatic rings. The Morgan fingerprint density at radius 2 is 2.03 bits per heavy atom. The summed E-state index contributed by atoms with van der Waals surface area (Å²) in [5.74, 6) is -1.22. The van der Waals surface area contributed by atoms with E-state index in [1.54, 1.807) is 12.1 Å². The molecule has 150 valence electrons. The molecule has 0 spiro atoms. The highest BCUT2D eigenvalue weighted by molar-refractivity contribution is 5.97. The Morgan fingerprint density at radius 3 is 2.66 bits per heavy atom. The number of hydrogen-bond donors (Lipinski definition) is 1. The zero-order valence-corrected chi connectivity index (χ0v) is 16.1. The van der Waals surface area contributed by atoms with Crippen LogP contribution < -0.4 is 5.73 Å². The highest BCUT2D eigenvalue weighted by Crippen LogP contribution is 2.47. The lowest BCUT2D eigenvalue weighted by molar-refractivity contribution is 0.0999. The van der Waals surface area contributed by atoms with E-state index < -0.39 is 17.5 Å². The lowest BCUT2D eigenvalue weighted by Gasteiger charge is -2.16. The number of rotatable bonds is 6. The summed E-state index contributed by atoms with van der Waals surface area (Å²) in [5.41, 5.74) is 7.42. The van der Waals surface area contributed by atoms with Gasteiger partial charge in [0.05, 0.1) is 11.9 Å². The lowest BCUT2D eigenvalue weighted by atomic mass is 9.93. The Labute approximate surface area is 165 Å². The second-order valence-electron chi connectivity index (χ2n) is 7.68. The molecule has 2 heterocycles. The normalized spacial score (nSPS) is 13.8. The van der Waals surface area contributed by atoms with Crippen molar-refractivity contribution in [1.82, 2.24) is 25.2 Å². The summed E-state index contributed by atoms with van der Waals surface area (Å²) in [6.45, 7) is 4.07. The van der Waals surface area contributed by atoms with Gasteiger partial charge in [0.2, 0.25) is 5.91 Å². The SMILES string of the molecule is CC(C)Cc1nnnn1-c1cc(C(N)=O)c(C2CC2)c(-c2ncc(F)cc2F)c1. The number of hydrogen-bond acceptors (Lipinski definition) is 5. The van der Waals surface area contributed by atoms with E-state index >= 15 is 0 Å². The Hall–Kier alpha value is -3.23. The summed E-state index contributed by atoms with van der Waals surface area (Å²) < 4.78 is 29.5. The van der Waals surface area contributed by atoms with Gasteiger partial charge in [-0.15, -0.1) is 5.10 Å². The van der Waals surface area contributed by atoms with Crippen LogP contribution in [-0.2, 0) is 6.42 Å². The molecule has 2 N–H and O–H groups in total. The molecule has 0 unspecified atom stereocenters. The number of carbonyl (C=O) groups is 1. The van der Waals surface area contributed by atoms with Gasteiger partial charge in [-0.3, -0.25) is 9.78 Å². The zero-order valence-electron chi connectivity index (χ0n) is 16.1. The molecule has 1 amide bonds. The molecule has 4 rings (SSSR count). The first kappa shape index (κ1) is 19.1. The smallest absolute Gasteiger partial charge is 0.249 e. The van der Waals surface area contributed by atoms with Gasteiger partial charge in [-0.2, -0.15) is 4.68 Å². The number of primary amides is 1. The average molecular weight is 398 g/mol. The van der Waals surface area contributed by atoms with Crippen LogP contribution in [0.2, 0.25) is 0 Å². The minimum atomic E-state index is -0.807. The summed E-state index contributed by atoms with van der Waals surface area (Å²) in [6, 6.07) is 4.08. The van der Waals surface area contributed by atoms with Crippen molar-refractivity contribution in [2.24, 2.45) is 11.7 Å². The molecule has 2 aromatic heterocycles. The number of amides is 1. The summed E-state index contributed by atoms with van der Waals surface area (Å²) in [4.78, 5) is 16.2. The van der Waals surface area contributed by atoms with Crippen molar-refractivity contribution in [2.75, 3.05) is 0 Å². The van der Waals surface area contributed by atoms with Crippen LogP contribution in [0, 0.1) is 17.6 Å². The second-order valence-corrected chi connectivity index (χ2v) is 7.68. The molecule has 0 radical (unpaired) electrons. The quantitative estimate of drug-likeness (QED) is 0.687. The number of carbonyl (C=O) groups excluding carboxylic acids is 1. The van der Waals surface area contributed by atoms with E-state index in [9.17, 15) is 13.6 Å². The number of benzene rings is 1. The molecule has 1 aromatic carbocycles. The van der Waals surface area contributed by atoms with Crippen LogP contribution in [0.15, 0.2) is 24.4 Å². The minimum absolute atomic E-state index is 0.0314. The van der Waals surface area contributed by atoms with E-state index in [1.807, 2.05) is 13.8 Å². The third-order valence-electron chi connectivity index (χ3n) is 4.85. The summed E-state index contributed by atoms with van der Waals surface area (Å²) in [7, 11) is 0. The van der Waals surface area contributed by atoms with Gasteiger partial charge in [-0.25, -0.2) is 8.78 Å². The number of aromatic nitrogens is 5. The third kappa shape index (κ3) is 3.72. The number of pyridine rings is 1. The molecule has 1 fully saturated rings. The Morgan fingerprint density at radius 1 is 1.28 bits per heavy atom. The predicted octanol–water partition coefficient (Wildman–Crippen LogP) is 3.18. The van der Waals surface area contributed by atoms with Crippen molar-refractivity contribution in [3.8, 4) is 16.9 Å². The van der Waals surface area contributed by atoms with Gasteiger partial charge in [0.1, 0.15) is 11.5 Å². The zero-order chi connectivity index (χ0) is 20.7. The minimum Gasteiger partial charge on any atom is -0.366 e. The van der Waals surface area contributed by atoms with E-state index in [-0.39, 0.29) is 17.2 Å². The largest absolute Gasteiger partial charge is 0.366 e. The number of tetrazole rings is 1. The first-order valence-corrected chi connectivity index (χ1v) is 9.42. The maximum absolute atomic E-state index is 14.6. The number of nitrogens with zero attached hydrogens (tertiary/aromatic N) is 5. The molecule has 3 aromatic rings. The number of halogens is 2. The molecular weight excluding hydrogens is 378 g/mol. The molecule has 0 saturated heterocycles. The van der Waals surface area contributed by atoms with Gasteiger partial charge < -0.3 is 5.73 Å². The van der Waals surface area contributed by atoms with Crippen molar-refractivity contribution < 1.29 is 13.6 Å². The highest BCUT2D eigenvalue weighted by Gasteiger charge is 2.32. The summed E-state index contributed by atoms with van der Waals surface area (Å²) in [5, 5.41) is 11.8. The van der Waals surface area contributed by atoms with Crippen LogP contribution in [0.5, 0.6) is 0 Å². The van der Waals surface area contributed by atoms with Gasteiger partial charge in [0.25, 0.3) is 0 Å². The molecular formula is C20H20F2N6O. The third-order valence-corrected chi connectivity index (χ3v) is 4.85. The molecule has 0 aliphatic heterocycles. The first-order chi connectivity index (χ1) is 13.8. The molecule has 29 heavy (non-hydrogen) atoms. The van der Waals surface area contributed by atoms with Crippen LogP contribution in [0.1, 0.15) is 54.4 Å². The summed E-state index contributed by atoms with van der Waals surface area (Å²) in [6.07, 6.45) is 3.28. The molecule has 1 aliphatic carbocycles. The summed E-state index contributed by atoms with van der Waals surface area (Å²) >= 11 is 0. The van der Waals surface area contributed by atoms with E-state index in [0.29, 0.717) is 35.0 Å². The first-order valence-electron chi connectivity index (χ1n) is 9.42. The van der Waals surface area contributed by atoms with Crippen LogP contribution in [0.4, 0.5) is 8.78 Å². The van der Waals surface area contributed by atoms with Gasteiger partial charge in [-0.1, -0.05) is 13.8 Å². The van der Waals surface area contributed by atoms with Crippen molar-refractivity contribution in [2.45, 2.75) is 39.0 Å². The Kier molecular flexibility index (Phi) is 4.81. The van der Waals surface area contributed by atoms with E-state index in [2.05, 4.69) is 20.5 Å². The van der Waals surface area contributed by atoms with Gasteiger partial charge >= 0.3 is 0 Å².